The number of sulfonamides is 1. The third-order valence-electron chi connectivity index (χ3n) is 1.82. The van der Waals surface area contributed by atoms with Gasteiger partial charge in [-0.1, -0.05) is 0 Å². The highest BCUT2D eigenvalue weighted by Crippen LogP contribution is 2.38. The maximum absolute atomic E-state index is 11.2. The number of nitrogen functional groups attached to an aromatic ring is 1. The summed E-state index contributed by atoms with van der Waals surface area (Å²) >= 11 is 0. The van der Waals surface area contributed by atoms with Crippen molar-refractivity contribution in [2.45, 2.75) is 4.90 Å². The van der Waals surface area contributed by atoms with Crippen LogP contribution in [0.5, 0.6) is 11.5 Å². The molecule has 0 aromatic heterocycles. The van der Waals surface area contributed by atoms with Gasteiger partial charge in [-0.15, -0.1) is 0 Å². The zero-order valence-corrected chi connectivity index (χ0v) is 9.17. The average molecular weight is 232 g/mol. The molecule has 0 spiro atoms. The van der Waals surface area contributed by atoms with Crippen LogP contribution in [0.1, 0.15) is 0 Å². The Balaban J connectivity index is 3.57. The summed E-state index contributed by atoms with van der Waals surface area (Å²) in [4.78, 5) is -0.156. The Morgan fingerprint density at radius 1 is 1.13 bits per heavy atom. The summed E-state index contributed by atoms with van der Waals surface area (Å²) in [6.07, 6.45) is 0. The van der Waals surface area contributed by atoms with Crippen molar-refractivity contribution < 1.29 is 17.9 Å². The number of ether oxygens (including phenoxy) is 2. The fourth-order valence-electron chi connectivity index (χ4n) is 1.19. The summed E-state index contributed by atoms with van der Waals surface area (Å²) in [5.74, 6) is 0.170. The molecule has 7 heteroatoms. The predicted octanol–water partition coefficient (Wildman–Crippen LogP) is -0.0666. The molecule has 0 heterocycles. The van der Waals surface area contributed by atoms with Gasteiger partial charge >= 0.3 is 0 Å². The number of rotatable bonds is 3. The van der Waals surface area contributed by atoms with Gasteiger partial charge < -0.3 is 15.2 Å². The molecule has 0 saturated carbocycles. The van der Waals surface area contributed by atoms with Crippen molar-refractivity contribution >= 4 is 15.7 Å². The van der Waals surface area contributed by atoms with Crippen LogP contribution in [0, 0.1) is 0 Å². The Kier molecular flexibility index (Phi) is 3.06. The van der Waals surface area contributed by atoms with Gasteiger partial charge in [0.1, 0.15) is 4.90 Å². The lowest BCUT2D eigenvalue weighted by Crippen LogP contribution is -2.14. The van der Waals surface area contributed by atoms with Gasteiger partial charge in [-0.2, -0.15) is 0 Å². The number of anilines is 1. The third kappa shape index (κ3) is 2.13. The zero-order valence-electron chi connectivity index (χ0n) is 8.35. The number of benzene rings is 1. The minimum absolute atomic E-state index is 0.0139. The van der Waals surface area contributed by atoms with E-state index in [4.69, 9.17) is 20.3 Å². The van der Waals surface area contributed by atoms with Crippen molar-refractivity contribution in [3.63, 3.8) is 0 Å². The molecule has 0 bridgehead atoms. The summed E-state index contributed by atoms with van der Waals surface area (Å²) in [7, 11) is -1.18. The molecule has 1 aromatic carbocycles. The quantitative estimate of drug-likeness (QED) is 0.710. The molecule has 0 aliphatic rings. The van der Waals surface area contributed by atoms with Crippen molar-refractivity contribution in [3.05, 3.63) is 12.1 Å². The first-order chi connectivity index (χ1) is 6.91. The second-order valence-electron chi connectivity index (χ2n) is 2.76. The van der Waals surface area contributed by atoms with Crippen LogP contribution in [0.4, 0.5) is 5.69 Å². The molecule has 4 N–H and O–H groups in total. The number of hydrogen-bond acceptors (Lipinski definition) is 5. The normalized spacial score (nSPS) is 11.1. The van der Waals surface area contributed by atoms with E-state index in [1.54, 1.807) is 0 Å². The first kappa shape index (κ1) is 11.6. The van der Waals surface area contributed by atoms with Gasteiger partial charge in [-0.3, -0.25) is 0 Å². The summed E-state index contributed by atoms with van der Waals surface area (Å²) in [5, 5.41) is 5.00. The highest BCUT2D eigenvalue weighted by molar-refractivity contribution is 7.89. The lowest BCUT2D eigenvalue weighted by atomic mass is 10.3. The minimum Gasteiger partial charge on any atom is -0.491 e. The fraction of sp³-hybridized carbons (Fsp3) is 0.250. The second kappa shape index (κ2) is 3.95. The van der Waals surface area contributed by atoms with Gasteiger partial charge in [0.15, 0.2) is 11.5 Å². The van der Waals surface area contributed by atoms with Crippen LogP contribution in [0.15, 0.2) is 17.0 Å². The van der Waals surface area contributed by atoms with Crippen LogP contribution >= 0.6 is 0 Å². The molecule has 0 amide bonds. The molecule has 6 nitrogen and oxygen atoms in total. The third-order valence-corrected chi connectivity index (χ3v) is 2.76. The number of hydrogen-bond donors (Lipinski definition) is 2. The Bertz CT molecular complexity index is 470. The molecule has 0 unspecified atom stereocenters. The van der Waals surface area contributed by atoms with Crippen LogP contribution < -0.4 is 20.3 Å². The van der Waals surface area contributed by atoms with E-state index in [1.807, 2.05) is 0 Å². The number of primary sulfonamides is 1. The van der Waals surface area contributed by atoms with E-state index < -0.39 is 10.0 Å². The van der Waals surface area contributed by atoms with E-state index in [0.717, 1.165) is 0 Å². The second-order valence-corrected chi connectivity index (χ2v) is 4.29. The van der Waals surface area contributed by atoms with Gasteiger partial charge in [0, 0.05) is 0 Å². The Morgan fingerprint density at radius 2 is 1.67 bits per heavy atom. The predicted molar refractivity (Wildman–Crippen MR) is 55.3 cm³/mol. The van der Waals surface area contributed by atoms with Crippen molar-refractivity contribution in [2.24, 2.45) is 5.14 Å². The molecular weight excluding hydrogens is 220 g/mol. The number of nitrogens with two attached hydrogens (primary N) is 2. The van der Waals surface area contributed by atoms with Crippen molar-refractivity contribution in [2.75, 3.05) is 20.0 Å². The molecule has 0 atom stereocenters. The van der Waals surface area contributed by atoms with E-state index >= 15 is 0 Å². The summed E-state index contributed by atoms with van der Waals surface area (Å²) in [5.41, 5.74) is 5.86. The van der Waals surface area contributed by atoms with Crippen LogP contribution in [-0.2, 0) is 10.0 Å². The molecule has 0 aliphatic carbocycles. The Labute approximate surface area is 87.8 Å². The highest BCUT2D eigenvalue weighted by atomic mass is 32.2. The van der Waals surface area contributed by atoms with Gasteiger partial charge in [-0.25, -0.2) is 13.6 Å². The first-order valence-electron chi connectivity index (χ1n) is 3.95. The lowest BCUT2D eigenvalue weighted by Gasteiger charge is -2.12. The maximum Gasteiger partial charge on any atom is 0.241 e. The summed E-state index contributed by atoms with van der Waals surface area (Å²) in [6, 6.07) is 2.66. The van der Waals surface area contributed by atoms with Gasteiger partial charge in [0.2, 0.25) is 10.0 Å². The zero-order chi connectivity index (χ0) is 11.6. The lowest BCUT2D eigenvalue weighted by molar-refractivity contribution is 0.348. The van der Waals surface area contributed by atoms with Crippen LogP contribution in [0.2, 0.25) is 0 Å². The molecule has 84 valence electrons. The minimum atomic E-state index is -3.86. The molecule has 0 fully saturated rings. The summed E-state index contributed by atoms with van der Waals surface area (Å²) in [6.45, 7) is 0. The van der Waals surface area contributed by atoms with Gasteiger partial charge in [-0.05, 0) is 12.1 Å². The SMILES string of the molecule is COc1c(N)ccc(S(N)(=O)=O)c1OC. The largest absolute Gasteiger partial charge is 0.491 e. The van der Waals surface area contributed by atoms with Crippen molar-refractivity contribution in [3.8, 4) is 11.5 Å². The van der Waals surface area contributed by atoms with E-state index in [1.165, 1.54) is 26.4 Å². The molecule has 15 heavy (non-hydrogen) atoms. The van der Waals surface area contributed by atoms with Gasteiger partial charge in [0.25, 0.3) is 0 Å². The molecule has 0 radical (unpaired) electrons. The molecule has 1 aromatic rings. The van der Waals surface area contributed by atoms with Crippen LogP contribution in [-0.4, -0.2) is 22.6 Å². The highest BCUT2D eigenvalue weighted by Gasteiger charge is 2.20. The standard InChI is InChI=1S/C8H12N2O4S/c1-13-7-5(9)3-4-6(8(7)14-2)15(10,11)12/h3-4H,9H2,1-2H3,(H2,10,11,12). The van der Waals surface area contributed by atoms with E-state index in [-0.39, 0.29) is 22.1 Å². The topological polar surface area (TPSA) is 105 Å². The molecule has 0 saturated heterocycles. The Hall–Kier alpha value is -1.47. The first-order valence-corrected chi connectivity index (χ1v) is 5.49. The molecule has 0 aliphatic heterocycles. The smallest absolute Gasteiger partial charge is 0.241 e. The maximum atomic E-state index is 11.2. The molecular formula is C8H12N2O4S. The Morgan fingerprint density at radius 3 is 2.07 bits per heavy atom. The van der Waals surface area contributed by atoms with Crippen LogP contribution in [0.25, 0.3) is 0 Å². The number of methoxy groups -OCH3 is 2. The van der Waals surface area contributed by atoms with E-state index in [2.05, 4.69) is 0 Å². The van der Waals surface area contributed by atoms with Crippen LogP contribution in [0.3, 0.4) is 0 Å². The van der Waals surface area contributed by atoms with Crippen molar-refractivity contribution in [1.29, 1.82) is 0 Å². The fourth-order valence-corrected chi connectivity index (χ4v) is 1.88. The van der Waals surface area contributed by atoms with E-state index in [0.29, 0.717) is 0 Å². The van der Waals surface area contributed by atoms with Gasteiger partial charge in [0.05, 0.1) is 19.9 Å². The average Bonchev–Trinajstić information content (AvgIpc) is 2.15. The van der Waals surface area contributed by atoms with Crippen molar-refractivity contribution in [1.82, 2.24) is 0 Å². The molecule has 1 rings (SSSR count). The van der Waals surface area contributed by atoms with E-state index in [9.17, 15) is 8.42 Å². The monoisotopic (exact) mass is 232 g/mol. The summed E-state index contributed by atoms with van der Waals surface area (Å²) < 4.78 is 32.2.